The third-order valence-corrected chi connectivity index (χ3v) is 2.93. The monoisotopic (exact) mass is 302 g/mol. The number of fused-ring (bicyclic) bond motifs is 1. The van der Waals surface area contributed by atoms with Crippen LogP contribution in [0.15, 0.2) is 42.9 Å². The predicted molar refractivity (Wildman–Crippen MR) is 78.5 cm³/mol. The van der Waals surface area contributed by atoms with Crippen LogP contribution < -0.4 is 10.1 Å². The molecule has 0 aliphatic rings. The van der Waals surface area contributed by atoms with E-state index >= 15 is 0 Å². The van der Waals surface area contributed by atoms with Gasteiger partial charge in [-0.1, -0.05) is 6.07 Å². The fraction of sp³-hybridized carbons (Fsp3) is 0.133. The highest BCUT2D eigenvalue weighted by molar-refractivity contribution is 5.89. The van der Waals surface area contributed by atoms with Crippen LogP contribution >= 0.6 is 0 Å². The van der Waals surface area contributed by atoms with Crippen molar-refractivity contribution in [1.82, 2.24) is 15.0 Å². The number of halogens is 2. The smallest absolute Gasteiger partial charge is 0.213 e. The summed E-state index contributed by atoms with van der Waals surface area (Å²) in [5, 5.41) is 3.59. The molecule has 0 fully saturated rings. The number of ether oxygens (including phenoxy) is 1. The Hall–Kier alpha value is -2.83. The van der Waals surface area contributed by atoms with Crippen molar-refractivity contribution in [2.75, 3.05) is 18.6 Å². The maximum atomic E-state index is 13.3. The molecule has 2 aromatic heterocycles. The van der Waals surface area contributed by atoms with Gasteiger partial charge < -0.3 is 10.1 Å². The first-order valence-electron chi connectivity index (χ1n) is 6.58. The van der Waals surface area contributed by atoms with Crippen molar-refractivity contribution in [2.45, 2.75) is 0 Å². The van der Waals surface area contributed by atoms with Gasteiger partial charge >= 0.3 is 0 Å². The number of aromatic nitrogens is 3. The molecule has 0 bridgehead atoms. The number of nitrogens with zero attached hydrogens (tertiary/aromatic N) is 3. The van der Waals surface area contributed by atoms with Crippen LogP contribution in [0.2, 0.25) is 0 Å². The summed E-state index contributed by atoms with van der Waals surface area (Å²) >= 11 is 0. The van der Waals surface area contributed by atoms with E-state index in [-0.39, 0.29) is 6.61 Å². The molecular formula is C15H12F2N4O. The zero-order chi connectivity index (χ0) is 15.4. The van der Waals surface area contributed by atoms with Crippen LogP contribution in [0, 0.1) is 5.95 Å². The number of alkyl halides is 1. The summed E-state index contributed by atoms with van der Waals surface area (Å²) in [4.78, 5) is 11.7. The molecule has 22 heavy (non-hydrogen) atoms. The minimum Gasteiger partial charge on any atom is -0.491 e. The van der Waals surface area contributed by atoms with E-state index in [4.69, 9.17) is 4.74 Å². The maximum absolute atomic E-state index is 13.3. The molecule has 0 radical (unpaired) electrons. The third kappa shape index (κ3) is 3.08. The van der Waals surface area contributed by atoms with Crippen molar-refractivity contribution in [3.63, 3.8) is 0 Å². The molecular weight excluding hydrogens is 290 g/mol. The van der Waals surface area contributed by atoms with Gasteiger partial charge in [0.25, 0.3) is 0 Å². The third-order valence-electron chi connectivity index (χ3n) is 2.93. The van der Waals surface area contributed by atoms with Gasteiger partial charge in [-0.25, -0.2) is 19.3 Å². The first kappa shape index (κ1) is 14.1. The van der Waals surface area contributed by atoms with Crippen LogP contribution in [0.3, 0.4) is 0 Å². The van der Waals surface area contributed by atoms with E-state index in [2.05, 4.69) is 20.3 Å². The van der Waals surface area contributed by atoms with E-state index in [1.165, 1.54) is 18.6 Å². The summed E-state index contributed by atoms with van der Waals surface area (Å²) in [5.41, 5.74) is 1.22. The standard InChI is InChI=1S/C15H12F2N4O/c16-4-5-22-11-3-1-2-10(6-11)21-15-12-7-14(17)18-8-13(12)19-9-20-15/h1-3,6-9H,4-5H2,(H,19,20,21). The molecule has 5 nitrogen and oxygen atoms in total. The first-order chi connectivity index (χ1) is 10.8. The van der Waals surface area contributed by atoms with Gasteiger partial charge in [0.05, 0.1) is 11.7 Å². The zero-order valence-electron chi connectivity index (χ0n) is 11.5. The molecule has 3 aromatic rings. The van der Waals surface area contributed by atoms with Crippen molar-refractivity contribution in [3.05, 3.63) is 48.8 Å². The van der Waals surface area contributed by atoms with Crippen molar-refractivity contribution in [2.24, 2.45) is 0 Å². The summed E-state index contributed by atoms with van der Waals surface area (Å²) in [6.07, 6.45) is 2.71. The number of rotatable bonds is 5. The molecule has 1 aromatic carbocycles. The lowest BCUT2D eigenvalue weighted by Gasteiger charge is -2.10. The van der Waals surface area contributed by atoms with E-state index in [1.807, 2.05) is 0 Å². The largest absolute Gasteiger partial charge is 0.491 e. The highest BCUT2D eigenvalue weighted by Crippen LogP contribution is 2.25. The Morgan fingerprint density at radius 1 is 1.14 bits per heavy atom. The molecule has 3 rings (SSSR count). The van der Waals surface area contributed by atoms with Crippen LogP contribution in [-0.2, 0) is 0 Å². The molecule has 1 N–H and O–H groups in total. The fourth-order valence-electron chi connectivity index (χ4n) is 1.99. The highest BCUT2D eigenvalue weighted by atomic mass is 19.1. The number of hydrogen-bond acceptors (Lipinski definition) is 5. The number of nitrogens with one attached hydrogen (secondary N) is 1. The minimum absolute atomic E-state index is 0.00320. The molecule has 112 valence electrons. The Labute approximate surface area is 125 Å². The lowest BCUT2D eigenvalue weighted by Crippen LogP contribution is -2.00. The van der Waals surface area contributed by atoms with Gasteiger partial charge in [-0.15, -0.1) is 0 Å². The van der Waals surface area contributed by atoms with Crippen LogP contribution in [0.25, 0.3) is 10.9 Å². The summed E-state index contributed by atoms with van der Waals surface area (Å²) in [6.45, 7) is -0.558. The molecule has 0 unspecified atom stereocenters. The van der Waals surface area contributed by atoms with Gasteiger partial charge in [-0.05, 0) is 12.1 Å². The van der Waals surface area contributed by atoms with Crippen molar-refractivity contribution < 1.29 is 13.5 Å². The quantitative estimate of drug-likeness (QED) is 0.733. The number of pyridine rings is 1. The summed E-state index contributed by atoms with van der Waals surface area (Å²) in [6, 6.07) is 8.26. The average Bonchev–Trinajstić information content (AvgIpc) is 2.54. The van der Waals surface area contributed by atoms with Gasteiger partial charge in [0.15, 0.2) is 0 Å². The SMILES string of the molecule is FCCOc1cccc(Nc2ncnc3cnc(F)cc23)c1. The molecule has 0 atom stereocenters. The van der Waals surface area contributed by atoms with Crippen molar-refractivity contribution in [1.29, 1.82) is 0 Å². The number of anilines is 2. The predicted octanol–water partition coefficient (Wildman–Crippen LogP) is 3.26. The molecule has 7 heteroatoms. The van der Waals surface area contributed by atoms with Crippen LogP contribution in [-0.4, -0.2) is 28.2 Å². The van der Waals surface area contributed by atoms with Crippen LogP contribution in [0.5, 0.6) is 5.75 Å². The van der Waals surface area contributed by atoms with E-state index < -0.39 is 12.6 Å². The second-order valence-corrected chi connectivity index (χ2v) is 4.44. The molecule has 2 heterocycles. The summed E-state index contributed by atoms with van der Waals surface area (Å²) in [5.74, 6) is 0.383. The Bertz CT molecular complexity index is 797. The first-order valence-corrected chi connectivity index (χ1v) is 6.58. The number of benzene rings is 1. The van der Waals surface area contributed by atoms with Crippen LogP contribution in [0.1, 0.15) is 0 Å². The number of hydrogen-bond donors (Lipinski definition) is 1. The van der Waals surface area contributed by atoms with Gasteiger partial charge in [-0.3, -0.25) is 0 Å². The fourth-order valence-corrected chi connectivity index (χ4v) is 1.99. The summed E-state index contributed by atoms with van der Waals surface area (Å²) < 4.78 is 30.7. The Kier molecular flexibility index (Phi) is 4.04. The minimum atomic E-state index is -0.606. The lowest BCUT2D eigenvalue weighted by atomic mass is 10.2. The Balaban J connectivity index is 1.91. The van der Waals surface area contributed by atoms with Gasteiger partial charge in [-0.2, -0.15) is 4.39 Å². The Morgan fingerprint density at radius 2 is 2.05 bits per heavy atom. The molecule has 0 saturated heterocycles. The van der Waals surface area contributed by atoms with Gasteiger partial charge in [0.2, 0.25) is 5.95 Å². The van der Waals surface area contributed by atoms with Crippen LogP contribution in [0.4, 0.5) is 20.3 Å². The Morgan fingerprint density at radius 3 is 2.91 bits per heavy atom. The van der Waals surface area contributed by atoms with E-state index in [0.29, 0.717) is 28.2 Å². The zero-order valence-corrected chi connectivity index (χ0v) is 11.5. The normalized spacial score (nSPS) is 10.6. The van der Waals surface area contributed by atoms with Gasteiger partial charge in [0, 0.05) is 23.2 Å². The summed E-state index contributed by atoms with van der Waals surface area (Å²) in [7, 11) is 0. The van der Waals surface area contributed by atoms with Crippen molar-refractivity contribution >= 4 is 22.4 Å². The molecule has 0 saturated carbocycles. The van der Waals surface area contributed by atoms with Gasteiger partial charge in [0.1, 0.15) is 31.2 Å². The topological polar surface area (TPSA) is 59.9 Å². The maximum Gasteiger partial charge on any atom is 0.213 e. The van der Waals surface area contributed by atoms with E-state index in [9.17, 15) is 8.78 Å². The highest BCUT2D eigenvalue weighted by Gasteiger charge is 2.06. The second kappa shape index (κ2) is 6.30. The van der Waals surface area contributed by atoms with Crippen molar-refractivity contribution in [3.8, 4) is 5.75 Å². The molecule has 0 amide bonds. The lowest BCUT2D eigenvalue weighted by molar-refractivity contribution is 0.273. The molecule has 0 spiro atoms. The molecule has 0 aliphatic heterocycles. The average molecular weight is 302 g/mol. The van der Waals surface area contributed by atoms with E-state index in [1.54, 1.807) is 24.3 Å². The molecule has 0 aliphatic carbocycles. The second-order valence-electron chi connectivity index (χ2n) is 4.44. The van der Waals surface area contributed by atoms with E-state index in [0.717, 1.165) is 0 Å².